The molecule has 2 N–H and O–H groups in total. The second kappa shape index (κ2) is 5.00. The van der Waals surface area contributed by atoms with E-state index in [-0.39, 0.29) is 6.10 Å². The Hall–Kier alpha value is -0.890. The van der Waals surface area contributed by atoms with Gasteiger partial charge in [-0.1, -0.05) is 0 Å². The monoisotopic (exact) mass is 358 g/mol. The quantitative estimate of drug-likeness (QED) is 0.807. The SMILES string of the molecule is OC1CCC(Nc2nc3cccnn3c2I)CC1. The van der Waals surface area contributed by atoms with E-state index in [1.807, 2.05) is 16.6 Å². The minimum Gasteiger partial charge on any atom is -0.393 e. The van der Waals surface area contributed by atoms with Crippen molar-refractivity contribution >= 4 is 34.1 Å². The maximum atomic E-state index is 9.50. The Balaban J connectivity index is 1.80. The van der Waals surface area contributed by atoms with Crippen LogP contribution in [-0.2, 0) is 0 Å². The van der Waals surface area contributed by atoms with Crippen LogP contribution in [0.3, 0.4) is 0 Å². The molecule has 3 rings (SSSR count). The third-order valence-electron chi connectivity index (χ3n) is 3.38. The standard InChI is InChI=1S/C12H15IN4O/c13-11-12(15-8-3-5-9(18)6-4-8)16-10-2-1-7-14-17(10)11/h1-2,7-9,15,18H,3-6H2. The first-order valence-corrected chi connectivity index (χ1v) is 7.26. The van der Waals surface area contributed by atoms with Gasteiger partial charge in [-0.2, -0.15) is 5.10 Å². The summed E-state index contributed by atoms with van der Waals surface area (Å²) in [5.74, 6) is 0.899. The Morgan fingerprint density at radius 2 is 2.11 bits per heavy atom. The van der Waals surface area contributed by atoms with Crippen molar-refractivity contribution in [1.82, 2.24) is 14.6 Å². The van der Waals surface area contributed by atoms with Gasteiger partial charge >= 0.3 is 0 Å². The highest BCUT2D eigenvalue weighted by Gasteiger charge is 2.21. The molecule has 5 nitrogen and oxygen atoms in total. The van der Waals surface area contributed by atoms with Gasteiger partial charge in [0.2, 0.25) is 0 Å². The third-order valence-corrected chi connectivity index (χ3v) is 4.34. The van der Waals surface area contributed by atoms with Gasteiger partial charge < -0.3 is 10.4 Å². The van der Waals surface area contributed by atoms with Crippen LogP contribution in [0.5, 0.6) is 0 Å². The number of aliphatic hydroxyl groups excluding tert-OH is 1. The van der Waals surface area contributed by atoms with Crippen LogP contribution in [0.2, 0.25) is 0 Å². The van der Waals surface area contributed by atoms with E-state index in [1.165, 1.54) is 0 Å². The molecule has 0 unspecified atom stereocenters. The molecule has 0 saturated heterocycles. The second-order valence-corrected chi connectivity index (χ2v) is 5.72. The number of imidazole rings is 1. The van der Waals surface area contributed by atoms with Crippen LogP contribution >= 0.6 is 22.6 Å². The molecule has 0 aromatic carbocycles. The van der Waals surface area contributed by atoms with E-state index in [0.29, 0.717) is 6.04 Å². The van der Waals surface area contributed by atoms with E-state index in [9.17, 15) is 5.11 Å². The summed E-state index contributed by atoms with van der Waals surface area (Å²) in [7, 11) is 0. The fourth-order valence-electron chi connectivity index (χ4n) is 2.37. The summed E-state index contributed by atoms with van der Waals surface area (Å²) in [6.07, 6.45) is 5.39. The largest absolute Gasteiger partial charge is 0.393 e. The van der Waals surface area contributed by atoms with E-state index in [2.05, 4.69) is 38.0 Å². The van der Waals surface area contributed by atoms with E-state index in [4.69, 9.17) is 0 Å². The summed E-state index contributed by atoms with van der Waals surface area (Å²) in [6, 6.07) is 4.25. The number of halogens is 1. The molecule has 2 heterocycles. The van der Waals surface area contributed by atoms with Gasteiger partial charge in [-0.3, -0.25) is 0 Å². The molecule has 0 amide bonds. The number of anilines is 1. The highest BCUT2D eigenvalue weighted by Crippen LogP contribution is 2.24. The molecule has 1 aliphatic carbocycles. The molecule has 0 radical (unpaired) electrons. The Kier molecular flexibility index (Phi) is 3.38. The number of hydrogen-bond donors (Lipinski definition) is 2. The minimum absolute atomic E-state index is 0.121. The highest BCUT2D eigenvalue weighted by molar-refractivity contribution is 14.1. The molecule has 0 bridgehead atoms. The predicted molar refractivity (Wildman–Crippen MR) is 77.6 cm³/mol. The normalized spacial score (nSPS) is 24.3. The fourth-order valence-corrected chi connectivity index (χ4v) is 3.01. The first-order valence-electron chi connectivity index (χ1n) is 6.18. The molecule has 1 saturated carbocycles. The van der Waals surface area contributed by atoms with Crippen LogP contribution < -0.4 is 5.32 Å². The Labute approximate surface area is 119 Å². The lowest BCUT2D eigenvalue weighted by atomic mass is 9.93. The Morgan fingerprint density at radius 1 is 1.33 bits per heavy atom. The van der Waals surface area contributed by atoms with Gasteiger partial charge in [0.05, 0.1) is 6.10 Å². The van der Waals surface area contributed by atoms with Crippen LogP contribution in [0.15, 0.2) is 18.3 Å². The molecular weight excluding hydrogens is 343 g/mol. The molecule has 1 aliphatic rings. The maximum Gasteiger partial charge on any atom is 0.161 e. The Morgan fingerprint density at radius 3 is 2.83 bits per heavy atom. The maximum absolute atomic E-state index is 9.50. The molecule has 0 aliphatic heterocycles. The molecular formula is C12H15IN4O. The molecule has 2 aromatic heterocycles. The van der Waals surface area contributed by atoms with E-state index >= 15 is 0 Å². The van der Waals surface area contributed by atoms with Gasteiger partial charge in [0.1, 0.15) is 3.70 Å². The molecule has 2 aromatic rings. The van der Waals surface area contributed by atoms with E-state index in [0.717, 1.165) is 40.8 Å². The van der Waals surface area contributed by atoms with Crippen molar-refractivity contribution in [1.29, 1.82) is 0 Å². The average Bonchev–Trinajstić information content (AvgIpc) is 2.70. The number of aliphatic hydroxyl groups is 1. The molecule has 0 atom stereocenters. The van der Waals surface area contributed by atoms with Crippen molar-refractivity contribution in [3.63, 3.8) is 0 Å². The summed E-state index contributed by atoms with van der Waals surface area (Å²) in [5.41, 5.74) is 0.861. The summed E-state index contributed by atoms with van der Waals surface area (Å²) < 4.78 is 2.84. The van der Waals surface area contributed by atoms with Crippen LogP contribution in [0.4, 0.5) is 5.82 Å². The van der Waals surface area contributed by atoms with Crippen molar-refractivity contribution in [2.75, 3.05) is 5.32 Å². The predicted octanol–water partition coefficient (Wildman–Crippen LogP) is 2.05. The summed E-state index contributed by atoms with van der Waals surface area (Å²) in [6.45, 7) is 0. The molecule has 0 spiro atoms. The number of nitrogens with zero attached hydrogens (tertiary/aromatic N) is 3. The zero-order valence-corrected chi connectivity index (χ0v) is 12.0. The van der Waals surface area contributed by atoms with Crippen molar-refractivity contribution in [3.05, 3.63) is 22.0 Å². The zero-order chi connectivity index (χ0) is 12.5. The molecule has 96 valence electrons. The summed E-state index contributed by atoms with van der Waals surface area (Å²) >= 11 is 2.26. The fraction of sp³-hybridized carbons (Fsp3) is 0.500. The number of fused-ring (bicyclic) bond motifs is 1. The molecule has 6 heteroatoms. The summed E-state index contributed by atoms with van der Waals surface area (Å²) in [5, 5.41) is 17.2. The zero-order valence-electron chi connectivity index (χ0n) is 9.88. The highest BCUT2D eigenvalue weighted by atomic mass is 127. The summed E-state index contributed by atoms with van der Waals surface area (Å²) in [4.78, 5) is 4.54. The van der Waals surface area contributed by atoms with Crippen LogP contribution in [0.1, 0.15) is 25.7 Å². The van der Waals surface area contributed by atoms with Crippen LogP contribution in [-0.4, -0.2) is 31.9 Å². The number of aromatic nitrogens is 3. The van der Waals surface area contributed by atoms with Crippen molar-refractivity contribution < 1.29 is 5.11 Å². The van der Waals surface area contributed by atoms with Gasteiger partial charge in [-0.15, -0.1) is 0 Å². The van der Waals surface area contributed by atoms with E-state index in [1.54, 1.807) is 6.20 Å². The van der Waals surface area contributed by atoms with Gasteiger partial charge in [0.25, 0.3) is 0 Å². The third kappa shape index (κ3) is 2.31. The van der Waals surface area contributed by atoms with Gasteiger partial charge in [0.15, 0.2) is 11.5 Å². The lowest BCUT2D eigenvalue weighted by molar-refractivity contribution is 0.126. The Bertz CT molecular complexity index is 548. The number of nitrogens with one attached hydrogen (secondary N) is 1. The second-order valence-electron chi connectivity index (χ2n) is 4.69. The minimum atomic E-state index is -0.121. The topological polar surface area (TPSA) is 62.5 Å². The van der Waals surface area contributed by atoms with Crippen molar-refractivity contribution in [2.24, 2.45) is 0 Å². The average molecular weight is 358 g/mol. The van der Waals surface area contributed by atoms with Gasteiger partial charge in [0, 0.05) is 12.2 Å². The smallest absolute Gasteiger partial charge is 0.161 e. The molecule has 18 heavy (non-hydrogen) atoms. The van der Waals surface area contributed by atoms with Crippen molar-refractivity contribution in [2.45, 2.75) is 37.8 Å². The first kappa shape index (κ1) is 12.2. The van der Waals surface area contributed by atoms with Crippen LogP contribution in [0, 0.1) is 3.70 Å². The lowest BCUT2D eigenvalue weighted by Crippen LogP contribution is -2.28. The van der Waals surface area contributed by atoms with Gasteiger partial charge in [-0.05, 0) is 60.4 Å². The van der Waals surface area contributed by atoms with Crippen LogP contribution in [0.25, 0.3) is 5.65 Å². The number of hydrogen-bond acceptors (Lipinski definition) is 4. The number of rotatable bonds is 2. The van der Waals surface area contributed by atoms with E-state index < -0.39 is 0 Å². The first-order chi connectivity index (χ1) is 8.74. The van der Waals surface area contributed by atoms with Crippen molar-refractivity contribution in [3.8, 4) is 0 Å². The molecule has 1 fully saturated rings. The lowest BCUT2D eigenvalue weighted by Gasteiger charge is -2.26. The van der Waals surface area contributed by atoms with Gasteiger partial charge in [-0.25, -0.2) is 9.50 Å².